The summed E-state index contributed by atoms with van der Waals surface area (Å²) in [5.41, 5.74) is 0. The van der Waals surface area contributed by atoms with Crippen LogP contribution in [0.2, 0.25) is 0 Å². The predicted molar refractivity (Wildman–Crippen MR) is 37.4 cm³/mol. The Labute approximate surface area is 55.2 Å². The fourth-order valence-electron chi connectivity index (χ4n) is 0.586. The van der Waals surface area contributed by atoms with Gasteiger partial charge in [-0.3, -0.25) is 0 Å². The largest absolute Gasteiger partial charge is 0.478 e. The lowest BCUT2D eigenvalue weighted by Crippen LogP contribution is -1.99. The Hall–Kier alpha value is -0.790. The van der Waals surface area contributed by atoms with Gasteiger partial charge in [-0.2, -0.15) is 0 Å². The van der Waals surface area contributed by atoms with Crippen molar-refractivity contribution in [2.45, 2.75) is 25.9 Å². The molecule has 0 amide bonds. The predicted octanol–water partition coefficient (Wildman–Crippen LogP) is 1.73. The molecule has 0 aliphatic heterocycles. The zero-order valence-corrected chi connectivity index (χ0v) is 5.63. The summed E-state index contributed by atoms with van der Waals surface area (Å²) in [6.45, 7) is 5.31. The fourth-order valence-corrected chi connectivity index (χ4v) is 0.586. The molecule has 1 saturated carbocycles. The van der Waals surface area contributed by atoms with Gasteiger partial charge in [0.15, 0.2) is 5.90 Å². The van der Waals surface area contributed by atoms with Crippen LogP contribution in [-0.2, 0) is 4.74 Å². The number of nitrogens with zero attached hydrogens (tertiary/aromatic N) is 1. The standard InChI is InChI=1S/C7H11NO/c1-3-8-6(2)9-7-4-5-7/h3,7H,1,4-5H2,2H3. The molecule has 0 spiro atoms. The van der Waals surface area contributed by atoms with Crippen molar-refractivity contribution >= 4 is 5.90 Å². The minimum atomic E-state index is 0.452. The topological polar surface area (TPSA) is 21.6 Å². The normalized spacial score (nSPS) is 19.4. The number of aliphatic imine (C=N–C) groups is 1. The van der Waals surface area contributed by atoms with E-state index in [2.05, 4.69) is 11.6 Å². The zero-order valence-electron chi connectivity index (χ0n) is 5.63. The second-order valence-electron chi connectivity index (χ2n) is 2.15. The lowest BCUT2D eigenvalue weighted by Gasteiger charge is -1.98. The van der Waals surface area contributed by atoms with Gasteiger partial charge in [-0.15, -0.1) is 0 Å². The third-order valence-corrected chi connectivity index (χ3v) is 1.13. The summed E-state index contributed by atoms with van der Waals surface area (Å²) in [6.07, 6.45) is 4.32. The average Bonchev–Trinajstić information content (AvgIpc) is 2.50. The van der Waals surface area contributed by atoms with E-state index in [9.17, 15) is 0 Å². The Morgan fingerprint density at radius 1 is 1.78 bits per heavy atom. The van der Waals surface area contributed by atoms with Crippen LogP contribution in [0.15, 0.2) is 17.8 Å². The van der Waals surface area contributed by atoms with Gasteiger partial charge < -0.3 is 4.74 Å². The van der Waals surface area contributed by atoms with Crippen molar-refractivity contribution in [1.82, 2.24) is 0 Å². The SMILES string of the molecule is C=CN=C(C)OC1CC1. The molecular formula is C7H11NO. The molecule has 2 heteroatoms. The first kappa shape index (κ1) is 6.33. The molecule has 0 saturated heterocycles. The summed E-state index contributed by atoms with van der Waals surface area (Å²) in [7, 11) is 0. The van der Waals surface area contributed by atoms with Crippen molar-refractivity contribution in [2.24, 2.45) is 4.99 Å². The maximum atomic E-state index is 5.28. The fraction of sp³-hybridized carbons (Fsp3) is 0.571. The first-order valence-corrected chi connectivity index (χ1v) is 3.15. The summed E-state index contributed by atoms with van der Waals surface area (Å²) in [6, 6.07) is 0. The summed E-state index contributed by atoms with van der Waals surface area (Å²) in [5.74, 6) is 0.729. The summed E-state index contributed by atoms with van der Waals surface area (Å²) in [4.78, 5) is 3.86. The molecule has 0 aromatic heterocycles. The van der Waals surface area contributed by atoms with Crippen molar-refractivity contribution in [3.05, 3.63) is 12.8 Å². The van der Waals surface area contributed by atoms with E-state index in [0.717, 1.165) is 5.90 Å². The Kier molecular flexibility index (Phi) is 1.88. The summed E-state index contributed by atoms with van der Waals surface area (Å²) >= 11 is 0. The molecule has 1 aliphatic carbocycles. The Morgan fingerprint density at radius 3 is 2.89 bits per heavy atom. The van der Waals surface area contributed by atoms with Gasteiger partial charge in [0.2, 0.25) is 0 Å². The van der Waals surface area contributed by atoms with E-state index in [1.807, 2.05) is 6.92 Å². The molecule has 0 aromatic rings. The first-order chi connectivity index (χ1) is 4.33. The second kappa shape index (κ2) is 2.67. The maximum absolute atomic E-state index is 5.28. The van der Waals surface area contributed by atoms with Crippen LogP contribution < -0.4 is 0 Å². The van der Waals surface area contributed by atoms with Gasteiger partial charge in [-0.05, 0) is 12.8 Å². The van der Waals surface area contributed by atoms with Crippen LogP contribution in [0.1, 0.15) is 19.8 Å². The highest BCUT2D eigenvalue weighted by Gasteiger charge is 2.23. The Balaban J connectivity index is 2.23. The average molecular weight is 125 g/mol. The molecular weight excluding hydrogens is 114 g/mol. The van der Waals surface area contributed by atoms with Crippen molar-refractivity contribution in [3.8, 4) is 0 Å². The van der Waals surface area contributed by atoms with E-state index in [0.29, 0.717) is 6.10 Å². The van der Waals surface area contributed by atoms with Gasteiger partial charge in [0.25, 0.3) is 0 Å². The molecule has 0 atom stereocenters. The molecule has 50 valence electrons. The van der Waals surface area contributed by atoms with Crippen LogP contribution in [0.3, 0.4) is 0 Å². The second-order valence-corrected chi connectivity index (χ2v) is 2.15. The molecule has 9 heavy (non-hydrogen) atoms. The highest BCUT2D eigenvalue weighted by atomic mass is 16.5. The van der Waals surface area contributed by atoms with Crippen molar-refractivity contribution in [1.29, 1.82) is 0 Å². The molecule has 1 fully saturated rings. The van der Waals surface area contributed by atoms with Crippen LogP contribution in [0, 0.1) is 0 Å². The van der Waals surface area contributed by atoms with Crippen LogP contribution >= 0.6 is 0 Å². The van der Waals surface area contributed by atoms with Crippen molar-refractivity contribution in [2.75, 3.05) is 0 Å². The molecule has 0 radical (unpaired) electrons. The molecule has 0 aromatic carbocycles. The number of ether oxygens (including phenoxy) is 1. The van der Waals surface area contributed by atoms with Gasteiger partial charge in [-0.1, -0.05) is 6.58 Å². The van der Waals surface area contributed by atoms with E-state index in [1.165, 1.54) is 19.0 Å². The molecule has 0 heterocycles. The van der Waals surface area contributed by atoms with Crippen LogP contribution in [0.5, 0.6) is 0 Å². The minimum absolute atomic E-state index is 0.452. The van der Waals surface area contributed by atoms with Gasteiger partial charge in [0, 0.05) is 13.1 Å². The van der Waals surface area contributed by atoms with E-state index >= 15 is 0 Å². The quantitative estimate of drug-likeness (QED) is 0.407. The third-order valence-electron chi connectivity index (χ3n) is 1.13. The minimum Gasteiger partial charge on any atom is -0.478 e. The Bertz CT molecular complexity index is 136. The first-order valence-electron chi connectivity index (χ1n) is 3.15. The third kappa shape index (κ3) is 2.31. The maximum Gasteiger partial charge on any atom is 0.184 e. The van der Waals surface area contributed by atoms with Gasteiger partial charge in [0.05, 0.1) is 0 Å². The zero-order chi connectivity index (χ0) is 6.69. The van der Waals surface area contributed by atoms with Crippen LogP contribution in [0.25, 0.3) is 0 Å². The molecule has 2 nitrogen and oxygen atoms in total. The van der Waals surface area contributed by atoms with E-state index in [4.69, 9.17) is 4.74 Å². The highest BCUT2D eigenvalue weighted by Crippen LogP contribution is 2.23. The van der Waals surface area contributed by atoms with E-state index in [1.54, 1.807) is 0 Å². The molecule has 0 N–H and O–H groups in total. The van der Waals surface area contributed by atoms with Gasteiger partial charge in [-0.25, -0.2) is 4.99 Å². The Morgan fingerprint density at radius 2 is 2.44 bits per heavy atom. The van der Waals surface area contributed by atoms with E-state index in [-0.39, 0.29) is 0 Å². The number of hydrogen-bond acceptors (Lipinski definition) is 2. The number of hydrogen-bond donors (Lipinski definition) is 0. The van der Waals surface area contributed by atoms with Crippen molar-refractivity contribution < 1.29 is 4.74 Å². The monoisotopic (exact) mass is 125 g/mol. The van der Waals surface area contributed by atoms with Gasteiger partial charge in [0.1, 0.15) is 6.10 Å². The molecule has 1 aliphatic rings. The molecule has 0 unspecified atom stereocenters. The lowest BCUT2D eigenvalue weighted by atomic mass is 10.7. The smallest absolute Gasteiger partial charge is 0.184 e. The summed E-state index contributed by atoms with van der Waals surface area (Å²) < 4.78 is 5.28. The van der Waals surface area contributed by atoms with Crippen molar-refractivity contribution in [3.63, 3.8) is 0 Å². The van der Waals surface area contributed by atoms with Crippen LogP contribution in [0.4, 0.5) is 0 Å². The van der Waals surface area contributed by atoms with Crippen LogP contribution in [-0.4, -0.2) is 12.0 Å². The molecule has 1 rings (SSSR count). The van der Waals surface area contributed by atoms with Gasteiger partial charge >= 0.3 is 0 Å². The highest BCUT2D eigenvalue weighted by molar-refractivity contribution is 5.74. The number of rotatable bonds is 2. The summed E-state index contributed by atoms with van der Waals surface area (Å²) in [5, 5.41) is 0. The lowest BCUT2D eigenvalue weighted by molar-refractivity contribution is 0.287. The van der Waals surface area contributed by atoms with E-state index < -0.39 is 0 Å². The molecule has 0 bridgehead atoms.